The Hall–Kier alpha value is -2.03. The summed E-state index contributed by atoms with van der Waals surface area (Å²) in [6.45, 7) is 2.66. The average molecular weight is 362 g/mol. The fourth-order valence-corrected chi connectivity index (χ4v) is 3.97. The minimum Gasteiger partial charge on any atom is -0.365 e. The normalized spacial score (nSPS) is 11.8. The lowest BCUT2D eigenvalue weighted by atomic mass is 10.1. The number of anilines is 1. The van der Waals surface area contributed by atoms with E-state index in [2.05, 4.69) is 26.1 Å². The van der Waals surface area contributed by atoms with Gasteiger partial charge in [0.15, 0.2) is 0 Å². The summed E-state index contributed by atoms with van der Waals surface area (Å²) in [6.07, 6.45) is 1.56. The van der Waals surface area contributed by atoms with Crippen LogP contribution in [-0.4, -0.2) is 25.4 Å². The van der Waals surface area contributed by atoms with Crippen LogP contribution in [0.15, 0.2) is 36.7 Å². The van der Waals surface area contributed by atoms with E-state index in [1.54, 1.807) is 17.7 Å². The van der Waals surface area contributed by atoms with Crippen molar-refractivity contribution in [1.29, 1.82) is 0 Å². The molecule has 6 nitrogen and oxygen atoms in total. The third kappa shape index (κ3) is 3.89. The monoisotopic (exact) mass is 362 g/mol. The first-order valence-electron chi connectivity index (χ1n) is 7.41. The average Bonchev–Trinajstić information content (AvgIpc) is 2.95. The molecular weight excluding hydrogens is 344 g/mol. The molecule has 3 aromatic rings. The molecule has 0 unspecified atom stereocenters. The van der Waals surface area contributed by atoms with Gasteiger partial charge in [-0.2, -0.15) is 0 Å². The summed E-state index contributed by atoms with van der Waals surface area (Å²) in [5.41, 5.74) is 1.81. The molecule has 0 atom stereocenters. The fraction of sp³-hybridized carbons (Fsp3) is 0.250. The molecule has 8 heteroatoms. The first-order valence-corrected chi connectivity index (χ1v) is 9.88. The van der Waals surface area contributed by atoms with E-state index in [1.165, 1.54) is 11.9 Å². The third-order valence-electron chi connectivity index (χ3n) is 3.60. The molecule has 0 saturated carbocycles. The van der Waals surface area contributed by atoms with Gasteiger partial charge in [-0.3, -0.25) is 0 Å². The zero-order chi connectivity index (χ0) is 17.2. The summed E-state index contributed by atoms with van der Waals surface area (Å²) in [5, 5.41) is 4.35. The van der Waals surface area contributed by atoms with E-state index >= 15 is 0 Å². The van der Waals surface area contributed by atoms with Crippen molar-refractivity contribution >= 4 is 37.4 Å². The maximum Gasteiger partial charge on any atom is 0.215 e. The maximum atomic E-state index is 11.6. The molecule has 3 rings (SSSR count). The van der Waals surface area contributed by atoms with Gasteiger partial charge in [-0.25, -0.2) is 23.1 Å². The van der Waals surface area contributed by atoms with E-state index < -0.39 is 10.0 Å². The van der Waals surface area contributed by atoms with Crippen molar-refractivity contribution < 1.29 is 8.42 Å². The molecule has 0 amide bonds. The SMILES string of the molecule is CNS(=O)(=O)Cc1ccc(CNc2ncnc3sc(C)cc23)cc1. The highest BCUT2D eigenvalue weighted by Gasteiger charge is 2.09. The zero-order valence-electron chi connectivity index (χ0n) is 13.4. The third-order valence-corrected chi connectivity index (χ3v) is 5.90. The Kier molecular flexibility index (Phi) is 4.79. The van der Waals surface area contributed by atoms with Crippen LogP contribution in [0.25, 0.3) is 10.2 Å². The van der Waals surface area contributed by atoms with Gasteiger partial charge in [-0.1, -0.05) is 24.3 Å². The van der Waals surface area contributed by atoms with Crippen molar-refractivity contribution in [2.24, 2.45) is 0 Å². The number of thiophene rings is 1. The van der Waals surface area contributed by atoms with Crippen LogP contribution >= 0.6 is 11.3 Å². The van der Waals surface area contributed by atoms with Gasteiger partial charge in [0, 0.05) is 11.4 Å². The lowest BCUT2D eigenvalue weighted by molar-refractivity contribution is 0.587. The number of fused-ring (bicyclic) bond motifs is 1. The van der Waals surface area contributed by atoms with Gasteiger partial charge < -0.3 is 5.32 Å². The predicted molar refractivity (Wildman–Crippen MR) is 97.6 cm³/mol. The van der Waals surface area contributed by atoms with Crippen LogP contribution in [0.3, 0.4) is 0 Å². The second kappa shape index (κ2) is 6.84. The minimum atomic E-state index is -3.24. The van der Waals surface area contributed by atoms with Crippen molar-refractivity contribution in [3.63, 3.8) is 0 Å². The maximum absolute atomic E-state index is 11.6. The Balaban J connectivity index is 1.70. The smallest absolute Gasteiger partial charge is 0.215 e. The minimum absolute atomic E-state index is 0.0160. The van der Waals surface area contributed by atoms with Crippen LogP contribution in [0.4, 0.5) is 5.82 Å². The first kappa shape index (κ1) is 16.8. The molecule has 0 aliphatic rings. The van der Waals surface area contributed by atoms with Crippen molar-refractivity contribution in [2.75, 3.05) is 12.4 Å². The molecule has 2 heterocycles. The number of nitrogens with zero attached hydrogens (tertiary/aromatic N) is 2. The Morgan fingerprint density at radius 1 is 1.12 bits per heavy atom. The summed E-state index contributed by atoms with van der Waals surface area (Å²) in [5.74, 6) is 0.795. The quantitative estimate of drug-likeness (QED) is 0.704. The van der Waals surface area contributed by atoms with Crippen molar-refractivity contribution in [3.05, 3.63) is 52.7 Å². The van der Waals surface area contributed by atoms with E-state index in [4.69, 9.17) is 0 Å². The second-order valence-electron chi connectivity index (χ2n) is 5.43. The lowest BCUT2D eigenvalue weighted by Gasteiger charge is -2.08. The second-order valence-corrected chi connectivity index (χ2v) is 8.59. The van der Waals surface area contributed by atoms with Gasteiger partial charge in [-0.05, 0) is 31.2 Å². The first-order chi connectivity index (χ1) is 11.5. The molecule has 0 aliphatic carbocycles. The van der Waals surface area contributed by atoms with Crippen LogP contribution in [0.2, 0.25) is 0 Å². The summed E-state index contributed by atoms with van der Waals surface area (Å²) < 4.78 is 25.4. The van der Waals surface area contributed by atoms with Crippen LogP contribution in [0, 0.1) is 6.92 Å². The molecule has 0 bridgehead atoms. The number of hydrogen-bond donors (Lipinski definition) is 2. The van der Waals surface area contributed by atoms with E-state index in [-0.39, 0.29) is 5.75 Å². The summed E-state index contributed by atoms with van der Waals surface area (Å²) in [7, 11) is -1.83. The molecule has 0 fully saturated rings. The number of hydrogen-bond acceptors (Lipinski definition) is 6. The Bertz CT molecular complexity index is 950. The van der Waals surface area contributed by atoms with Gasteiger partial charge in [0.1, 0.15) is 17.0 Å². The standard InChI is InChI=1S/C16H18N4O2S2/c1-11-7-14-15(19-10-20-16(14)23-11)18-8-12-3-5-13(6-4-12)9-24(21,22)17-2/h3-7,10,17H,8-9H2,1-2H3,(H,18,19,20). The van der Waals surface area contributed by atoms with Crippen LogP contribution in [-0.2, 0) is 22.3 Å². The van der Waals surface area contributed by atoms with Crippen molar-refractivity contribution in [2.45, 2.75) is 19.2 Å². The van der Waals surface area contributed by atoms with E-state index in [0.29, 0.717) is 6.54 Å². The molecular formula is C16H18N4O2S2. The molecule has 0 aliphatic heterocycles. The van der Waals surface area contributed by atoms with Crippen LogP contribution in [0.1, 0.15) is 16.0 Å². The number of aromatic nitrogens is 2. The largest absolute Gasteiger partial charge is 0.365 e. The lowest BCUT2D eigenvalue weighted by Crippen LogP contribution is -2.20. The number of sulfonamides is 1. The Morgan fingerprint density at radius 3 is 2.54 bits per heavy atom. The Labute approximate surface area is 145 Å². The summed E-state index contributed by atoms with van der Waals surface area (Å²) in [6, 6.07) is 9.58. The Morgan fingerprint density at radius 2 is 1.83 bits per heavy atom. The van der Waals surface area contributed by atoms with Gasteiger partial charge in [0.25, 0.3) is 0 Å². The number of aryl methyl sites for hydroxylation is 1. The van der Waals surface area contributed by atoms with E-state index in [9.17, 15) is 8.42 Å². The van der Waals surface area contributed by atoms with Crippen molar-refractivity contribution in [1.82, 2.24) is 14.7 Å². The predicted octanol–water partition coefficient (Wildman–Crippen LogP) is 2.66. The zero-order valence-corrected chi connectivity index (χ0v) is 15.0. The van der Waals surface area contributed by atoms with Gasteiger partial charge >= 0.3 is 0 Å². The summed E-state index contributed by atoms with van der Waals surface area (Å²) in [4.78, 5) is 10.8. The van der Waals surface area contributed by atoms with Gasteiger partial charge in [0.05, 0.1) is 11.1 Å². The number of rotatable bonds is 6. The van der Waals surface area contributed by atoms with Gasteiger partial charge in [-0.15, -0.1) is 11.3 Å². The van der Waals surface area contributed by atoms with Crippen LogP contribution < -0.4 is 10.0 Å². The highest BCUT2D eigenvalue weighted by molar-refractivity contribution is 7.88. The van der Waals surface area contributed by atoms with Crippen LogP contribution in [0.5, 0.6) is 0 Å². The molecule has 0 radical (unpaired) electrons. The van der Waals surface area contributed by atoms with Crippen molar-refractivity contribution in [3.8, 4) is 0 Å². The molecule has 1 aromatic carbocycles. The molecule has 0 spiro atoms. The molecule has 24 heavy (non-hydrogen) atoms. The van der Waals surface area contributed by atoms with E-state index in [0.717, 1.165) is 27.2 Å². The topological polar surface area (TPSA) is 84.0 Å². The highest BCUT2D eigenvalue weighted by atomic mass is 32.2. The molecule has 0 saturated heterocycles. The molecule has 126 valence electrons. The van der Waals surface area contributed by atoms with Gasteiger partial charge in [0.2, 0.25) is 10.0 Å². The highest BCUT2D eigenvalue weighted by Crippen LogP contribution is 2.27. The fourth-order valence-electron chi connectivity index (χ4n) is 2.35. The molecule has 2 N–H and O–H groups in total. The summed E-state index contributed by atoms with van der Waals surface area (Å²) >= 11 is 1.64. The van der Waals surface area contributed by atoms with E-state index in [1.807, 2.05) is 31.2 Å². The number of nitrogens with one attached hydrogen (secondary N) is 2. The number of benzene rings is 1. The molecule has 2 aromatic heterocycles.